The second-order valence-corrected chi connectivity index (χ2v) is 4.05. The van der Waals surface area contributed by atoms with Gasteiger partial charge in [-0.15, -0.1) is 0 Å². The molecule has 1 aromatic carbocycles. The Kier molecular flexibility index (Phi) is 3.02. The number of hydrogen-bond acceptors (Lipinski definition) is 1. The maximum Gasteiger partial charge on any atom is 0.0408 e. The van der Waals surface area contributed by atoms with Crippen LogP contribution >= 0.6 is 11.6 Å². The Morgan fingerprint density at radius 2 is 2.00 bits per heavy atom. The molecule has 0 saturated carbocycles. The highest BCUT2D eigenvalue weighted by Crippen LogP contribution is 2.14. The number of rotatable bonds is 2. The molecule has 0 aliphatic carbocycles. The van der Waals surface area contributed by atoms with Crippen molar-refractivity contribution in [2.45, 2.75) is 13.3 Å². The van der Waals surface area contributed by atoms with E-state index in [2.05, 4.69) is 17.1 Å². The SMILES string of the molecule is Cc1ccc(Cc2cccc(Cl)c2)cn1. The molecule has 0 unspecified atom stereocenters. The highest BCUT2D eigenvalue weighted by atomic mass is 35.5. The summed E-state index contributed by atoms with van der Waals surface area (Å²) >= 11 is 5.92. The van der Waals surface area contributed by atoms with E-state index in [9.17, 15) is 0 Å². The van der Waals surface area contributed by atoms with Crippen LogP contribution in [0, 0.1) is 6.92 Å². The maximum absolute atomic E-state index is 5.92. The zero-order chi connectivity index (χ0) is 10.7. The molecule has 2 aromatic rings. The van der Waals surface area contributed by atoms with Gasteiger partial charge in [0, 0.05) is 16.9 Å². The monoisotopic (exact) mass is 217 g/mol. The molecule has 2 heteroatoms. The molecular formula is C13H12ClN. The molecular weight excluding hydrogens is 206 g/mol. The second-order valence-electron chi connectivity index (χ2n) is 3.61. The summed E-state index contributed by atoms with van der Waals surface area (Å²) in [6.07, 6.45) is 2.80. The first-order valence-corrected chi connectivity index (χ1v) is 5.28. The van der Waals surface area contributed by atoms with Crippen molar-refractivity contribution >= 4 is 11.6 Å². The number of nitrogens with zero attached hydrogens (tertiary/aromatic N) is 1. The quantitative estimate of drug-likeness (QED) is 0.749. The van der Waals surface area contributed by atoms with Crippen molar-refractivity contribution in [2.24, 2.45) is 0 Å². The third kappa shape index (κ3) is 2.80. The molecule has 0 amide bonds. The second kappa shape index (κ2) is 4.45. The van der Waals surface area contributed by atoms with Crippen LogP contribution in [-0.4, -0.2) is 4.98 Å². The topological polar surface area (TPSA) is 12.9 Å². The van der Waals surface area contributed by atoms with Crippen molar-refractivity contribution < 1.29 is 0 Å². The van der Waals surface area contributed by atoms with Gasteiger partial charge in [-0.3, -0.25) is 4.98 Å². The average Bonchev–Trinajstić information content (AvgIpc) is 2.22. The zero-order valence-electron chi connectivity index (χ0n) is 8.57. The first kappa shape index (κ1) is 10.2. The van der Waals surface area contributed by atoms with Crippen LogP contribution in [0.5, 0.6) is 0 Å². The first-order valence-electron chi connectivity index (χ1n) is 4.90. The summed E-state index contributed by atoms with van der Waals surface area (Å²) in [5.74, 6) is 0. The fourth-order valence-corrected chi connectivity index (χ4v) is 1.70. The van der Waals surface area contributed by atoms with Crippen LogP contribution in [0.3, 0.4) is 0 Å². The number of benzene rings is 1. The molecule has 1 aromatic heterocycles. The van der Waals surface area contributed by atoms with Crippen LogP contribution in [0.4, 0.5) is 0 Å². The van der Waals surface area contributed by atoms with Crippen LogP contribution in [0.1, 0.15) is 16.8 Å². The van der Waals surface area contributed by atoms with Gasteiger partial charge in [0.15, 0.2) is 0 Å². The lowest BCUT2D eigenvalue weighted by Crippen LogP contribution is -1.90. The smallest absolute Gasteiger partial charge is 0.0408 e. The van der Waals surface area contributed by atoms with Gasteiger partial charge in [-0.05, 0) is 42.7 Å². The number of aromatic nitrogens is 1. The summed E-state index contributed by atoms with van der Waals surface area (Å²) in [5, 5.41) is 0.785. The summed E-state index contributed by atoms with van der Waals surface area (Å²) in [5.41, 5.74) is 3.47. The Morgan fingerprint density at radius 3 is 2.67 bits per heavy atom. The standard InChI is InChI=1S/C13H12ClN/c1-10-5-6-12(9-15-10)7-11-3-2-4-13(14)8-11/h2-6,8-9H,7H2,1H3. The molecule has 0 radical (unpaired) electrons. The van der Waals surface area contributed by atoms with Gasteiger partial charge in [-0.25, -0.2) is 0 Å². The Labute approximate surface area is 94.7 Å². The van der Waals surface area contributed by atoms with E-state index in [4.69, 9.17) is 11.6 Å². The van der Waals surface area contributed by atoms with Gasteiger partial charge in [0.1, 0.15) is 0 Å². The lowest BCUT2D eigenvalue weighted by atomic mass is 10.1. The van der Waals surface area contributed by atoms with Gasteiger partial charge in [0.05, 0.1) is 0 Å². The minimum Gasteiger partial charge on any atom is -0.261 e. The molecule has 2 rings (SSSR count). The van der Waals surface area contributed by atoms with E-state index < -0.39 is 0 Å². The lowest BCUT2D eigenvalue weighted by Gasteiger charge is -2.02. The van der Waals surface area contributed by atoms with E-state index in [0.29, 0.717) is 0 Å². The Bertz CT molecular complexity index is 448. The summed E-state index contributed by atoms with van der Waals surface area (Å²) in [6.45, 7) is 1.99. The molecule has 76 valence electrons. The Balaban J connectivity index is 2.18. The van der Waals surface area contributed by atoms with Crippen molar-refractivity contribution in [1.82, 2.24) is 4.98 Å². The molecule has 0 atom stereocenters. The highest BCUT2D eigenvalue weighted by Gasteiger charge is 1.97. The molecule has 0 aliphatic heterocycles. The van der Waals surface area contributed by atoms with Gasteiger partial charge in [-0.2, -0.15) is 0 Å². The molecule has 15 heavy (non-hydrogen) atoms. The van der Waals surface area contributed by atoms with Gasteiger partial charge < -0.3 is 0 Å². The van der Waals surface area contributed by atoms with E-state index in [1.807, 2.05) is 37.4 Å². The number of pyridine rings is 1. The summed E-state index contributed by atoms with van der Waals surface area (Å²) in [4.78, 5) is 4.26. The summed E-state index contributed by atoms with van der Waals surface area (Å²) in [6, 6.07) is 12.0. The third-order valence-corrected chi connectivity index (χ3v) is 2.50. The number of hydrogen-bond donors (Lipinski definition) is 0. The molecule has 0 aliphatic rings. The van der Waals surface area contributed by atoms with E-state index in [0.717, 1.165) is 17.1 Å². The lowest BCUT2D eigenvalue weighted by molar-refractivity contribution is 1.11. The van der Waals surface area contributed by atoms with Gasteiger partial charge in [-0.1, -0.05) is 29.8 Å². The normalized spacial score (nSPS) is 10.3. The van der Waals surface area contributed by atoms with E-state index in [1.54, 1.807) is 0 Å². The molecule has 1 heterocycles. The molecule has 0 fully saturated rings. The van der Waals surface area contributed by atoms with Crippen molar-refractivity contribution in [3.8, 4) is 0 Å². The Morgan fingerprint density at radius 1 is 1.13 bits per heavy atom. The molecule has 1 nitrogen and oxygen atoms in total. The van der Waals surface area contributed by atoms with E-state index >= 15 is 0 Å². The minimum absolute atomic E-state index is 0.785. The van der Waals surface area contributed by atoms with Crippen LogP contribution in [0.15, 0.2) is 42.6 Å². The minimum atomic E-state index is 0.785. The van der Waals surface area contributed by atoms with Crippen LogP contribution < -0.4 is 0 Å². The van der Waals surface area contributed by atoms with E-state index in [-0.39, 0.29) is 0 Å². The van der Waals surface area contributed by atoms with Gasteiger partial charge in [0.2, 0.25) is 0 Å². The van der Waals surface area contributed by atoms with Gasteiger partial charge >= 0.3 is 0 Å². The predicted octanol–water partition coefficient (Wildman–Crippen LogP) is 3.63. The fraction of sp³-hybridized carbons (Fsp3) is 0.154. The number of halogens is 1. The predicted molar refractivity (Wildman–Crippen MR) is 63.2 cm³/mol. The van der Waals surface area contributed by atoms with Crippen LogP contribution in [0.25, 0.3) is 0 Å². The van der Waals surface area contributed by atoms with Crippen LogP contribution in [-0.2, 0) is 6.42 Å². The fourth-order valence-electron chi connectivity index (χ4n) is 1.49. The highest BCUT2D eigenvalue weighted by molar-refractivity contribution is 6.30. The molecule has 0 saturated heterocycles. The largest absolute Gasteiger partial charge is 0.261 e. The molecule has 0 spiro atoms. The van der Waals surface area contributed by atoms with Crippen molar-refractivity contribution in [2.75, 3.05) is 0 Å². The maximum atomic E-state index is 5.92. The Hall–Kier alpha value is -1.34. The summed E-state index contributed by atoms with van der Waals surface area (Å²) < 4.78 is 0. The molecule has 0 bridgehead atoms. The van der Waals surface area contributed by atoms with Crippen molar-refractivity contribution in [1.29, 1.82) is 0 Å². The summed E-state index contributed by atoms with van der Waals surface area (Å²) in [7, 11) is 0. The van der Waals surface area contributed by atoms with Crippen LogP contribution in [0.2, 0.25) is 5.02 Å². The number of aryl methyl sites for hydroxylation is 1. The van der Waals surface area contributed by atoms with Crippen molar-refractivity contribution in [3.63, 3.8) is 0 Å². The van der Waals surface area contributed by atoms with E-state index in [1.165, 1.54) is 11.1 Å². The zero-order valence-corrected chi connectivity index (χ0v) is 9.33. The first-order chi connectivity index (χ1) is 7.24. The van der Waals surface area contributed by atoms with Gasteiger partial charge in [0.25, 0.3) is 0 Å². The third-order valence-electron chi connectivity index (χ3n) is 2.27. The average molecular weight is 218 g/mol. The molecule has 0 N–H and O–H groups in total. The van der Waals surface area contributed by atoms with Crippen molar-refractivity contribution in [3.05, 3.63) is 64.4 Å².